The van der Waals surface area contributed by atoms with Gasteiger partial charge in [0.25, 0.3) is 0 Å². The van der Waals surface area contributed by atoms with Crippen LogP contribution in [0.4, 0.5) is 0 Å². The Labute approximate surface area is 124 Å². The van der Waals surface area contributed by atoms with Crippen molar-refractivity contribution >= 4 is 23.0 Å². The molecular weight excluding hydrogens is 280 g/mol. The molecule has 2 unspecified atom stereocenters. The number of pyridine rings is 1. The van der Waals surface area contributed by atoms with Crippen molar-refractivity contribution in [2.24, 2.45) is 0 Å². The van der Waals surface area contributed by atoms with E-state index < -0.39 is 11.4 Å². The second-order valence-corrected chi connectivity index (χ2v) is 8.23. The average molecular weight is 303 g/mol. The molecule has 2 atom stereocenters. The van der Waals surface area contributed by atoms with Crippen LogP contribution in [0.5, 0.6) is 0 Å². The summed E-state index contributed by atoms with van der Waals surface area (Å²) >= 11 is 5.07. The van der Waals surface area contributed by atoms with E-state index in [1.807, 2.05) is 51.9 Å². The molecule has 0 saturated carbocycles. The summed E-state index contributed by atoms with van der Waals surface area (Å²) < 4.78 is 14.2. The minimum Gasteiger partial charge on any atom is -0.597 e. The Kier molecular flexibility index (Phi) is 5.68. The zero-order chi connectivity index (χ0) is 14.8. The lowest BCUT2D eigenvalue weighted by molar-refractivity contribution is 0.339. The van der Waals surface area contributed by atoms with Crippen molar-refractivity contribution in [3.63, 3.8) is 0 Å². The van der Waals surface area contributed by atoms with Crippen LogP contribution in [-0.4, -0.2) is 25.1 Å². The fourth-order valence-corrected chi connectivity index (χ4v) is 3.27. The van der Waals surface area contributed by atoms with E-state index in [1.54, 1.807) is 6.20 Å². The van der Waals surface area contributed by atoms with Gasteiger partial charge in [-0.25, -0.2) is 0 Å². The van der Waals surface area contributed by atoms with Gasteiger partial charge in [0.1, 0.15) is 4.75 Å². The van der Waals surface area contributed by atoms with Gasteiger partial charge in [-0.1, -0.05) is 11.6 Å². The lowest BCUT2D eigenvalue weighted by Crippen LogP contribution is -2.44. The predicted molar refractivity (Wildman–Crippen MR) is 82.7 cm³/mol. The summed E-state index contributed by atoms with van der Waals surface area (Å²) in [7, 11) is 0. The number of rotatable bonds is 4. The van der Waals surface area contributed by atoms with Crippen LogP contribution < -0.4 is 0 Å². The van der Waals surface area contributed by atoms with E-state index in [0.29, 0.717) is 11.6 Å². The van der Waals surface area contributed by atoms with Crippen LogP contribution >= 0.6 is 11.6 Å². The number of halogens is 1. The summed E-state index contributed by atoms with van der Waals surface area (Å²) in [6, 6.07) is 1.84. The van der Waals surface area contributed by atoms with E-state index in [0.717, 1.165) is 11.3 Å². The van der Waals surface area contributed by atoms with Crippen LogP contribution in [0.25, 0.3) is 0 Å². The van der Waals surface area contributed by atoms with Gasteiger partial charge in [-0.2, -0.15) is 0 Å². The van der Waals surface area contributed by atoms with E-state index in [2.05, 4.69) is 4.98 Å². The normalized spacial score (nSPS) is 15.6. The molecule has 1 rings (SSSR count). The second-order valence-electron chi connectivity index (χ2n) is 5.63. The molecule has 3 nitrogen and oxygen atoms in total. The largest absolute Gasteiger partial charge is 0.597 e. The first-order chi connectivity index (χ1) is 8.68. The van der Waals surface area contributed by atoms with Crippen LogP contribution in [0.3, 0.4) is 0 Å². The van der Waals surface area contributed by atoms with Crippen LogP contribution in [-0.2, 0) is 11.4 Å². The van der Waals surface area contributed by atoms with Gasteiger partial charge in [-0.05, 0) is 53.2 Å². The summed E-state index contributed by atoms with van der Waals surface area (Å²) in [6.45, 7) is 12.6. The summed E-state index contributed by atoms with van der Waals surface area (Å²) in [6.07, 6.45) is 1.77. The van der Waals surface area contributed by atoms with Crippen molar-refractivity contribution in [1.29, 1.82) is 0 Å². The highest BCUT2D eigenvalue weighted by atomic mass is 35.5. The molecule has 0 radical (unpaired) electrons. The maximum Gasteiger partial charge on any atom is 0.137 e. The fraction of sp³-hybridized carbons (Fsp3) is 0.643. The van der Waals surface area contributed by atoms with Crippen molar-refractivity contribution in [2.45, 2.75) is 52.3 Å². The topological polar surface area (TPSA) is 39.2 Å². The Morgan fingerprint density at radius 3 is 2.47 bits per heavy atom. The number of nitrogens with zero attached hydrogens (tertiary/aromatic N) is 2. The van der Waals surface area contributed by atoms with Gasteiger partial charge in [0.15, 0.2) is 0 Å². The number of aryl methyl sites for hydroxylation is 1. The van der Waals surface area contributed by atoms with E-state index in [1.165, 1.54) is 0 Å². The van der Waals surface area contributed by atoms with E-state index in [9.17, 15) is 4.55 Å². The zero-order valence-electron chi connectivity index (χ0n) is 12.5. The first-order valence-corrected chi connectivity index (χ1v) is 7.97. The standard InChI is InChI=1S/C14H23ClN2OS/c1-7-17(19(18)14(4,5)6)11(3)13-8-12(15)10(2)9-16-13/h8-9,11H,7H2,1-6H3. The SMILES string of the molecule is CCN(C(C)c1cc(Cl)c(C)cn1)[S+]([O-])C(C)(C)C. The van der Waals surface area contributed by atoms with Gasteiger partial charge >= 0.3 is 0 Å². The van der Waals surface area contributed by atoms with Gasteiger partial charge < -0.3 is 4.55 Å². The third-order valence-electron chi connectivity index (χ3n) is 2.97. The highest BCUT2D eigenvalue weighted by Crippen LogP contribution is 2.29. The quantitative estimate of drug-likeness (QED) is 0.792. The van der Waals surface area contributed by atoms with Crippen molar-refractivity contribution in [2.75, 3.05) is 6.54 Å². The Balaban J connectivity index is 3.01. The maximum atomic E-state index is 12.5. The first-order valence-electron chi connectivity index (χ1n) is 6.49. The fourth-order valence-electron chi connectivity index (χ4n) is 1.78. The van der Waals surface area contributed by atoms with Crippen molar-refractivity contribution < 1.29 is 4.55 Å². The third kappa shape index (κ3) is 4.09. The molecule has 1 aromatic heterocycles. The number of hydrogen-bond acceptors (Lipinski definition) is 3. The summed E-state index contributed by atoms with van der Waals surface area (Å²) in [5.41, 5.74) is 1.81. The molecule has 19 heavy (non-hydrogen) atoms. The average Bonchev–Trinajstić information content (AvgIpc) is 2.32. The molecule has 0 N–H and O–H groups in total. The van der Waals surface area contributed by atoms with Crippen LogP contribution in [0.15, 0.2) is 12.3 Å². The van der Waals surface area contributed by atoms with Crippen molar-refractivity contribution in [3.05, 3.63) is 28.5 Å². The van der Waals surface area contributed by atoms with Gasteiger partial charge in [0, 0.05) is 29.1 Å². The van der Waals surface area contributed by atoms with Gasteiger partial charge in [-0.15, -0.1) is 4.31 Å². The minimum atomic E-state index is -1.07. The molecule has 0 spiro atoms. The molecule has 1 aromatic rings. The number of hydrogen-bond donors (Lipinski definition) is 0. The van der Waals surface area contributed by atoms with Gasteiger partial charge in [-0.3, -0.25) is 4.98 Å². The van der Waals surface area contributed by atoms with Gasteiger partial charge in [0.2, 0.25) is 0 Å². The minimum absolute atomic E-state index is 0.0249. The third-order valence-corrected chi connectivity index (χ3v) is 5.42. The molecule has 0 saturated heterocycles. The highest BCUT2D eigenvalue weighted by molar-refractivity contribution is 7.90. The van der Waals surface area contributed by atoms with Crippen molar-refractivity contribution in [3.8, 4) is 0 Å². The Morgan fingerprint density at radius 1 is 1.47 bits per heavy atom. The molecule has 0 amide bonds. The molecule has 0 aliphatic rings. The Bertz CT molecular complexity index is 434. The Morgan fingerprint density at radius 2 is 2.05 bits per heavy atom. The Hall–Kier alpha value is -0.290. The lowest BCUT2D eigenvalue weighted by atomic mass is 10.2. The second kappa shape index (κ2) is 6.44. The molecule has 1 heterocycles. The van der Waals surface area contributed by atoms with Crippen LogP contribution in [0, 0.1) is 6.92 Å². The molecule has 0 bridgehead atoms. The van der Waals surface area contributed by atoms with E-state index in [4.69, 9.17) is 11.6 Å². The summed E-state index contributed by atoms with van der Waals surface area (Å²) in [4.78, 5) is 4.41. The molecule has 0 aromatic carbocycles. The smallest absolute Gasteiger partial charge is 0.137 e. The van der Waals surface area contributed by atoms with Crippen LogP contribution in [0.1, 0.15) is 51.9 Å². The first kappa shape index (κ1) is 16.8. The van der Waals surface area contributed by atoms with E-state index >= 15 is 0 Å². The molecular formula is C14H23ClN2OS. The summed E-state index contributed by atoms with van der Waals surface area (Å²) in [5, 5.41) is 0.703. The highest BCUT2D eigenvalue weighted by Gasteiger charge is 2.36. The zero-order valence-corrected chi connectivity index (χ0v) is 14.1. The molecule has 5 heteroatoms. The van der Waals surface area contributed by atoms with E-state index in [-0.39, 0.29) is 10.8 Å². The molecule has 0 aliphatic carbocycles. The maximum absolute atomic E-state index is 12.5. The molecule has 108 valence electrons. The van der Waals surface area contributed by atoms with Crippen molar-refractivity contribution in [1.82, 2.24) is 9.29 Å². The summed E-state index contributed by atoms with van der Waals surface area (Å²) in [5.74, 6) is 0. The van der Waals surface area contributed by atoms with Crippen LogP contribution in [0.2, 0.25) is 5.02 Å². The lowest BCUT2D eigenvalue weighted by Gasteiger charge is -2.35. The van der Waals surface area contributed by atoms with Gasteiger partial charge in [0.05, 0.1) is 11.7 Å². The monoisotopic (exact) mass is 302 g/mol. The number of aromatic nitrogens is 1. The predicted octanol–water partition coefficient (Wildman–Crippen LogP) is 3.89. The molecule has 0 aliphatic heterocycles. The molecule has 0 fully saturated rings.